The lowest BCUT2D eigenvalue weighted by molar-refractivity contribution is -0.385. The zero-order chi connectivity index (χ0) is 17.1. The molecule has 1 heterocycles. The number of rotatable bonds is 4. The Morgan fingerprint density at radius 3 is 2.74 bits per heavy atom. The number of amides is 1. The molecule has 1 N–H and O–H groups in total. The van der Waals surface area contributed by atoms with E-state index in [1.807, 2.05) is 0 Å². The third kappa shape index (κ3) is 3.49. The van der Waals surface area contributed by atoms with Crippen molar-refractivity contribution in [3.8, 4) is 0 Å². The third-order valence-corrected chi connectivity index (χ3v) is 4.58. The molecule has 2 rings (SSSR count). The topological polar surface area (TPSA) is 101 Å². The van der Waals surface area contributed by atoms with E-state index in [1.165, 1.54) is 6.07 Å². The van der Waals surface area contributed by atoms with Crippen molar-refractivity contribution in [1.82, 2.24) is 4.90 Å². The summed E-state index contributed by atoms with van der Waals surface area (Å²) in [4.78, 5) is 35.9. The molecule has 7 nitrogen and oxygen atoms in total. The van der Waals surface area contributed by atoms with Gasteiger partial charge < -0.3 is 10.0 Å². The number of carboxylic acids is 1. The molecule has 2 atom stereocenters. The van der Waals surface area contributed by atoms with Crippen LogP contribution in [0.25, 0.3) is 0 Å². The van der Waals surface area contributed by atoms with Crippen molar-refractivity contribution < 1.29 is 19.6 Å². The van der Waals surface area contributed by atoms with E-state index in [9.17, 15) is 24.8 Å². The summed E-state index contributed by atoms with van der Waals surface area (Å²) in [6, 6.07) is 4.30. The Morgan fingerprint density at radius 1 is 1.43 bits per heavy atom. The summed E-state index contributed by atoms with van der Waals surface area (Å²) in [7, 11) is 0. The number of carbonyl (C=O) groups excluding carboxylic acids is 1. The van der Waals surface area contributed by atoms with E-state index >= 15 is 0 Å². The average Bonchev–Trinajstić information content (AvgIpc) is 2.48. The smallest absolute Gasteiger partial charge is 0.308 e. The predicted octanol–water partition coefficient (Wildman–Crippen LogP) is 2.16. The molecular formula is C16H20N2O5. The zero-order valence-electron chi connectivity index (χ0n) is 13.2. The molecule has 7 heteroatoms. The summed E-state index contributed by atoms with van der Waals surface area (Å²) in [5, 5.41) is 20.2. The van der Waals surface area contributed by atoms with Crippen LogP contribution in [0.4, 0.5) is 5.69 Å². The van der Waals surface area contributed by atoms with Crippen molar-refractivity contribution in [3.05, 3.63) is 39.4 Å². The van der Waals surface area contributed by atoms with Gasteiger partial charge in [0.1, 0.15) is 0 Å². The molecule has 1 saturated heterocycles. The quantitative estimate of drug-likeness (QED) is 0.676. The summed E-state index contributed by atoms with van der Waals surface area (Å²) in [6.45, 7) is 3.90. The SMILES string of the molecule is Cc1c(CC(=O)N2CCC[C@@H](C(=O)O)[C@H]2C)cccc1[N+](=O)[O-]. The Balaban J connectivity index is 2.17. The maximum Gasteiger partial charge on any atom is 0.308 e. The van der Waals surface area contributed by atoms with Gasteiger partial charge in [-0.05, 0) is 32.3 Å². The Labute approximate surface area is 134 Å². The maximum absolute atomic E-state index is 12.5. The standard InChI is InChI=1S/C16H20N2O5/c1-10-12(5-3-7-14(10)18(22)23)9-15(19)17-8-4-6-13(11(17)2)16(20)21/h3,5,7,11,13H,4,6,8-9H2,1-2H3,(H,20,21)/t11-,13-/m1/s1. The zero-order valence-corrected chi connectivity index (χ0v) is 13.2. The van der Waals surface area contributed by atoms with Crippen LogP contribution in [-0.4, -0.2) is 39.4 Å². The molecule has 1 aromatic rings. The van der Waals surface area contributed by atoms with Gasteiger partial charge in [-0.1, -0.05) is 12.1 Å². The number of nitrogens with zero attached hydrogens (tertiary/aromatic N) is 2. The molecule has 0 aromatic heterocycles. The normalized spacial score (nSPS) is 21.0. The fourth-order valence-corrected chi connectivity index (χ4v) is 3.15. The summed E-state index contributed by atoms with van der Waals surface area (Å²) < 4.78 is 0. The number of carbonyl (C=O) groups is 2. The van der Waals surface area contributed by atoms with Gasteiger partial charge in [0, 0.05) is 24.2 Å². The van der Waals surface area contributed by atoms with Gasteiger partial charge in [0.05, 0.1) is 17.3 Å². The molecule has 0 bridgehead atoms. The lowest BCUT2D eigenvalue weighted by atomic mass is 9.89. The highest BCUT2D eigenvalue weighted by Crippen LogP contribution is 2.26. The summed E-state index contributed by atoms with van der Waals surface area (Å²) in [5.74, 6) is -1.63. The monoisotopic (exact) mass is 320 g/mol. The van der Waals surface area contributed by atoms with Crippen molar-refractivity contribution in [1.29, 1.82) is 0 Å². The van der Waals surface area contributed by atoms with Crippen molar-refractivity contribution in [2.45, 2.75) is 39.2 Å². The predicted molar refractivity (Wildman–Crippen MR) is 83.1 cm³/mol. The van der Waals surface area contributed by atoms with E-state index in [4.69, 9.17) is 0 Å². The van der Waals surface area contributed by atoms with E-state index in [0.717, 1.165) is 0 Å². The summed E-state index contributed by atoms with van der Waals surface area (Å²) in [6.07, 6.45) is 1.27. The van der Waals surface area contributed by atoms with E-state index in [2.05, 4.69) is 0 Å². The van der Waals surface area contributed by atoms with Gasteiger partial charge in [0.2, 0.25) is 5.91 Å². The summed E-state index contributed by atoms with van der Waals surface area (Å²) in [5.41, 5.74) is 1.07. The first-order valence-electron chi connectivity index (χ1n) is 7.58. The van der Waals surface area contributed by atoms with E-state index in [0.29, 0.717) is 30.5 Å². The van der Waals surface area contributed by atoms with Crippen LogP contribution in [0.3, 0.4) is 0 Å². The molecule has 0 saturated carbocycles. The molecular weight excluding hydrogens is 300 g/mol. The van der Waals surface area contributed by atoms with Gasteiger partial charge >= 0.3 is 5.97 Å². The fraction of sp³-hybridized carbons (Fsp3) is 0.500. The largest absolute Gasteiger partial charge is 0.481 e. The minimum absolute atomic E-state index is 0.00888. The number of hydrogen-bond acceptors (Lipinski definition) is 4. The number of hydrogen-bond donors (Lipinski definition) is 1. The number of nitro groups is 1. The van der Waals surface area contributed by atoms with Gasteiger partial charge in [-0.2, -0.15) is 0 Å². The molecule has 0 unspecified atom stereocenters. The number of nitro benzene ring substituents is 1. The average molecular weight is 320 g/mol. The lowest BCUT2D eigenvalue weighted by Crippen LogP contribution is -2.49. The number of carboxylic acid groups (broad SMARTS) is 1. The van der Waals surface area contributed by atoms with E-state index in [1.54, 1.807) is 30.9 Å². The van der Waals surface area contributed by atoms with Gasteiger partial charge in [0.15, 0.2) is 0 Å². The molecule has 0 radical (unpaired) electrons. The third-order valence-electron chi connectivity index (χ3n) is 4.58. The first-order chi connectivity index (χ1) is 10.8. The minimum Gasteiger partial charge on any atom is -0.481 e. The number of piperidine rings is 1. The van der Waals surface area contributed by atoms with Crippen LogP contribution in [0, 0.1) is 23.0 Å². The fourth-order valence-electron chi connectivity index (χ4n) is 3.15. The molecule has 1 aliphatic heterocycles. The molecule has 1 aliphatic rings. The highest BCUT2D eigenvalue weighted by molar-refractivity contribution is 5.81. The van der Waals surface area contributed by atoms with Crippen LogP contribution in [0.5, 0.6) is 0 Å². The van der Waals surface area contributed by atoms with Crippen molar-refractivity contribution in [2.24, 2.45) is 5.92 Å². The van der Waals surface area contributed by atoms with Gasteiger partial charge in [-0.15, -0.1) is 0 Å². The number of likely N-dealkylation sites (tertiary alicyclic amines) is 1. The number of benzene rings is 1. The minimum atomic E-state index is -0.887. The second kappa shape index (κ2) is 6.76. The molecule has 23 heavy (non-hydrogen) atoms. The molecule has 0 aliphatic carbocycles. The van der Waals surface area contributed by atoms with Crippen LogP contribution in [0.2, 0.25) is 0 Å². The van der Waals surface area contributed by atoms with Crippen molar-refractivity contribution in [2.75, 3.05) is 6.54 Å². The first-order valence-corrected chi connectivity index (χ1v) is 7.58. The molecule has 1 aromatic carbocycles. The molecule has 1 fully saturated rings. The van der Waals surface area contributed by atoms with Crippen LogP contribution < -0.4 is 0 Å². The highest BCUT2D eigenvalue weighted by Gasteiger charge is 2.35. The Morgan fingerprint density at radius 2 is 2.13 bits per heavy atom. The van der Waals surface area contributed by atoms with Crippen LogP contribution in [-0.2, 0) is 16.0 Å². The van der Waals surface area contributed by atoms with Crippen LogP contribution in [0.15, 0.2) is 18.2 Å². The second-order valence-corrected chi connectivity index (χ2v) is 5.91. The Kier molecular flexibility index (Phi) is 4.98. The lowest BCUT2D eigenvalue weighted by Gasteiger charge is -2.37. The maximum atomic E-state index is 12.5. The van der Waals surface area contributed by atoms with E-state index in [-0.39, 0.29) is 24.1 Å². The highest BCUT2D eigenvalue weighted by atomic mass is 16.6. The Hall–Kier alpha value is -2.44. The van der Waals surface area contributed by atoms with Gasteiger partial charge in [0.25, 0.3) is 5.69 Å². The van der Waals surface area contributed by atoms with Crippen molar-refractivity contribution >= 4 is 17.6 Å². The molecule has 0 spiro atoms. The first kappa shape index (κ1) is 16.9. The van der Waals surface area contributed by atoms with Gasteiger partial charge in [-0.3, -0.25) is 19.7 Å². The van der Waals surface area contributed by atoms with Gasteiger partial charge in [-0.25, -0.2) is 0 Å². The van der Waals surface area contributed by atoms with Crippen LogP contribution >= 0.6 is 0 Å². The van der Waals surface area contributed by atoms with E-state index < -0.39 is 16.8 Å². The molecule has 124 valence electrons. The summed E-state index contributed by atoms with van der Waals surface area (Å²) >= 11 is 0. The molecule has 1 amide bonds. The number of aliphatic carboxylic acids is 1. The van der Waals surface area contributed by atoms with Crippen molar-refractivity contribution in [3.63, 3.8) is 0 Å². The Bertz CT molecular complexity index is 643. The second-order valence-electron chi connectivity index (χ2n) is 5.91. The van der Waals surface area contributed by atoms with Crippen LogP contribution in [0.1, 0.15) is 30.9 Å².